The Morgan fingerprint density at radius 2 is 2.32 bits per heavy atom. The predicted molar refractivity (Wildman–Crippen MR) is 75.1 cm³/mol. The van der Waals surface area contributed by atoms with E-state index < -0.39 is 0 Å². The van der Waals surface area contributed by atoms with Crippen LogP contribution in [0, 0.1) is 5.92 Å². The second kappa shape index (κ2) is 4.96. The number of anilines is 1. The maximum Gasteiger partial charge on any atom is 0.255 e. The van der Waals surface area contributed by atoms with E-state index >= 15 is 0 Å². The number of hydrogen-bond donors (Lipinski definition) is 2. The predicted octanol–water partition coefficient (Wildman–Crippen LogP) is 0.941. The molecule has 1 aliphatic carbocycles. The lowest BCUT2D eigenvalue weighted by molar-refractivity contribution is 0.0842. The summed E-state index contributed by atoms with van der Waals surface area (Å²) < 4.78 is 0. The van der Waals surface area contributed by atoms with Gasteiger partial charge < -0.3 is 5.73 Å². The van der Waals surface area contributed by atoms with E-state index in [1.807, 2.05) is 0 Å². The summed E-state index contributed by atoms with van der Waals surface area (Å²) in [5.41, 5.74) is 7.40. The van der Waals surface area contributed by atoms with Crippen molar-refractivity contribution in [2.45, 2.75) is 45.1 Å². The maximum absolute atomic E-state index is 12.0. The number of nitrogens with zero attached hydrogens (tertiary/aromatic N) is 2. The molecule has 0 bridgehead atoms. The van der Waals surface area contributed by atoms with Crippen molar-refractivity contribution in [3.8, 4) is 0 Å². The summed E-state index contributed by atoms with van der Waals surface area (Å²) in [5.74, 6) is 0.893. The van der Waals surface area contributed by atoms with Crippen molar-refractivity contribution in [3.05, 3.63) is 21.6 Å². The van der Waals surface area contributed by atoms with Crippen molar-refractivity contribution < 1.29 is 0 Å². The molecule has 1 saturated heterocycles. The Kier molecular flexibility index (Phi) is 3.31. The third-order valence-electron chi connectivity index (χ3n) is 4.53. The topological polar surface area (TPSA) is 75.0 Å². The lowest BCUT2D eigenvalue weighted by Gasteiger charge is -2.44. The van der Waals surface area contributed by atoms with Gasteiger partial charge in [-0.15, -0.1) is 0 Å². The van der Waals surface area contributed by atoms with Gasteiger partial charge in [-0.05, 0) is 51.1 Å². The highest BCUT2D eigenvalue weighted by atomic mass is 16.1. The largest absolute Gasteiger partial charge is 0.369 e. The normalized spacial score (nSPS) is 26.8. The molecule has 1 aromatic heterocycles. The fraction of sp³-hybridized carbons (Fsp3) is 0.714. The number of piperidine rings is 1. The summed E-state index contributed by atoms with van der Waals surface area (Å²) >= 11 is 0. The quantitative estimate of drug-likeness (QED) is 0.832. The van der Waals surface area contributed by atoms with E-state index in [0.717, 1.165) is 30.6 Å². The van der Waals surface area contributed by atoms with Gasteiger partial charge in [0.05, 0.1) is 5.69 Å². The minimum absolute atomic E-state index is 0.0389. The van der Waals surface area contributed by atoms with E-state index in [4.69, 9.17) is 5.73 Å². The Labute approximate surface area is 113 Å². The molecule has 0 radical (unpaired) electrons. The smallest absolute Gasteiger partial charge is 0.255 e. The molecule has 0 amide bonds. The van der Waals surface area contributed by atoms with Gasteiger partial charge in [0.25, 0.3) is 5.56 Å². The molecule has 0 unspecified atom stereocenters. The Bertz CT molecular complexity index is 523. The minimum atomic E-state index is -0.0389. The van der Waals surface area contributed by atoms with Crippen LogP contribution in [0.5, 0.6) is 0 Å². The number of nitrogens with two attached hydrogens (primary N) is 1. The Hall–Kier alpha value is -1.36. The fourth-order valence-electron chi connectivity index (χ4n) is 3.71. The highest BCUT2D eigenvalue weighted by Gasteiger charge is 2.36. The van der Waals surface area contributed by atoms with Crippen molar-refractivity contribution in [2.75, 3.05) is 18.8 Å². The molecule has 5 heteroatoms. The van der Waals surface area contributed by atoms with E-state index in [1.165, 1.54) is 25.8 Å². The Balaban J connectivity index is 1.93. The zero-order valence-corrected chi connectivity index (χ0v) is 11.5. The molecule has 3 rings (SSSR count). The molecule has 5 nitrogen and oxygen atoms in total. The molecule has 2 aliphatic rings. The lowest BCUT2D eigenvalue weighted by atomic mass is 9.77. The van der Waals surface area contributed by atoms with Crippen LogP contribution < -0.4 is 11.3 Å². The Morgan fingerprint density at radius 3 is 3.11 bits per heavy atom. The molecular formula is C14H22N4O. The highest BCUT2D eigenvalue weighted by Crippen LogP contribution is 2.33. The standard InChI is InChI=1S/C14H22N4O/c1-2-5-18-6-3-4-9-7-11-10(8-12(9)18)13(19)17-14(15)16-11/h9,12H,2-8H2,1H3,(H3,15,16,17,19)/t9-,12-/m1/s1. The number of rotatable bonds is 2. The van der Waals surface area contributed by atoms with Crippen LogP contribution in [0.15, 0.2) is 4.79 Å². The second-order valence-corrected chi connectivity index (χ2v) is 5.79. The monoisotopic (exact) mass is 262 g/mol. The molecular weight excluding hydrogens is 240 g/mol. The number of likely N-dealkylation sites (tertiary alicyclic amines) is 1. The number of aromatic nitrogens is 2. The molecule has 1 aliphatic heterocycles. The first-order chi connectivity index (χ1) is 9.19. The van der Waals surface area contributed by atoms with Crippen LogP contribution in [-0.2, 0) is 12.8 Å². The third-order valence-corrected chi connectivity index (χ3v) is 4.53. The molecule has 19 heavy (non-hydrogen) atoms. The molecule has 0 aromatic carbocycles. The number of fused-ring (bicyclic) bond motifs is 2. The first-order valence-corrected chi connectivity index (χ1v) is 7.30. The van der Waals surface area contributed by atoms with E-state index in [9.17, 15) is 4.79 Å². The number of nitrogen functional groups attached to an aromatic ring is 1. The van der Waals surface area contributed by atoms with Gasteiger partial charge >= 0.3 is 0 Å². The molecule has 3 N–H and O–H groups in total. The van der Waals surface area contributed by atoms with Gasteiger partial charge in [-0.1, -0.05) is 6.92 Å². The summed E-state index contributed by atoms with van der Waals surface area (Å²) in [7, 11) is 0. The van der Waals surface area contributed by atoms with Crippen LogP contribution >= 0.6 is 0 Å². The zero-order valence-electron chi connectivity index (χ0n) is 11.5. The lowest BCUT2D eigenvalue weighted by Crippen LogP contribution is -2.50. The molecule has 1 aromatic rings. The van der Waals surface area contributed by atoms with Crippen molar-refractivity contribution in [1.82, 2.24) is 14.9 Å². The summed E-state index contributed by atoms with van der Waals surface area (Å²) in [4.78, 5) is 21.6. The van der Waals surface area contributed by atoms with Crippen molar-refractivity contribution in [2.24, 2.45) is 5.92 Å². The average Bonchev–Trinajstić information content (AvgIpc) is 2.37. The number of H-pyrrole nitrogens is 1. The molecule has 1 fully saturated rings. The van der Waals surface area contributed by atoms with Crippen LogP contribution in [0.25, 0.3) is 0 Å². The van der Waals surface area contributed by atoms with Crippen LogP contribution in [-0.4, -0.2) is 34.0 Å². The third kappa shape index (κ3) is 2.27. The van der Waals surface area contributed by atoms with Crippen molar-refractivity contribution >= 4 is 5.95 Å². The molecule has 2 heterocycles. The van der Waals surface area contributed by atoms with Crippen LogP contribution in [0.1, 0.15) is 37.4 Å². The summed E-state index contributed by atoms with van der Waals surface area (Å²) in [6.07, 6.45) is 5.43. The number of nitrogens with one attached hydrogen (secondary N) is 1. The van der Waals surface area contributed by atoms with Crippen LogP contribution in [0.2, 0.25) is 0 Å². The van der Waals surface area contributed by atoms with E-state index in [0.29, 0.717) is 12.0 Å². The van der Waals surface area contributed by atoms with E-state index in [-0.39, 0.29) is 11.5 Å². The van der Waals surface area contributed by atoms with Gasteiger partial charge in [0, 0.05) is 11.6 Å². The van der Waals surface area contributed by atoms with Gasteiger partial charge in [0.15, 0.2) is 0 Å². The fourth-order valence-corrected chi connectivity index (χ4v) is 3.71. The summed E-state index contributed by atoms with van der Waals surface area (Å²) in [6.45, 7) is 4.52. The molecule has 2 atom stereocenters. The second-order valence-electron chi connectivity index (χ2n) is 5.79. The van der Waals surface area contributed by atoms with Gasteiger partial charge in [0.1, 0.15) is 0 Å². The van der Waals surface area contributed by atoms with Gasteiger partial charge in [0.2, 0.25) is 5.95 Å². The van der Waals surface area contributed by atoms with Crippen LogP contribution in [0.4, 0.5) is 5.95 Å². The first-order valence-electron chi connectivity index (χ1n) is 7.30. The minimum Gasteiger partial charge on any atom is -0.369 e. The Morgan fingerprint density at radius 1 is 1.47 bits per heavy atom. The maximum atomic E-state index is 12.0. The van der Waals surface area contributed by atoms with Gasteiger partial charge in [-0.3, -0.25) is 14.7 Å². The highest BCUT2D eigenvalue weighted by molar-refractivity contribution is 5.29. The molecule has 0 saturated carbocycles. The average molecular weight is 262 g/mol. The van der Waals surface area contributed by atoms with Crippen LogP contribution in [0.3, 0.4) is 0 Å². The van der Waals surface area contributed by atoms with Gasteiger partial charge in [-0.2, -0.15) is 0 Å². The van der Waals surface area contributed by atoms with E-state index in [1.54, 1.807) is 0 Å². The van der Waals surface area contributed by atoms with Crippen molar-refractivity contribution in [1.29, 1.82) is 0 Å². The SMILES string of the molecule is CCCN1CCC[C@@H]2Cc3nc(N)[nH]c(=O)c3C[C@H]21. The molecule has 0 spiro atoms. The summed E-state index contributed by atoms with van der Waals surface area (Å²) in [6, 6.07) is 0.521. The zero-order chi connectivity index (χ0) is 13.4. The number of hydrogen-bond acceptors (Lipinski definition) is 4. The first kappa shape index (κ1) is 12.7. The van der Waals surface area contributed by atoms with Gasteiger partial charge in [-0.25, -0.2) is 4.98 Å². The van der Waals surface area contributed by atoms with E-state index in [2.05, 4.69) is 21.8 Å². The molecule has 104 valence electrons. The number of aromatic amines is 1. The summed E-state index contributed by atoms with van der Waals surface area (Å²) in [5, 5.41) is 0. The van der Waals surface area contributed by atoms with Crippen molar-refractivity contribution in [3.63, 3.8) is 0 Å².